The molecule has 0 radical (unpaired) electrons. The summed E-state index contributed by atoms with van der Waals surface area (Å²) in [5.74, 6) is 1.24. The highest BCUT2D eigenvalue weighted by molar-refractivity contribution is 8.18. The van der Waals surface area contributed by atoms with Gasteiger partial charge in [-0.1, -0.05) is 38.1 Å². The number of furan rings is 1. The average Bonchev–Trinajstić information content (AvgIpc) is 3.44. The zero-order chi connectivity index (χ0) is 26.5. The minimum Gasteiger partial charge on any atom is -0.491 e. The number of aryl methyl sites for hydroxylation is 1. The maximum Gasteiger partial charge on any atom is 0.338 e. The van der Waals surface area contributed by atoms with E-state index in [1.165, 1.54) is 4.90 Å². The molecule has 0 spiro atoms. The van der Waals surface area contributed by atoms with Crippen molar-refractivity contribution in [1.29, 1.82) is 0 Å². The van der Waals surface area contributed by atoms with E-state index in [-0.39, 0.29) is 29.2 Å². The first kappa shape index (κ1) is 26.3. The first-order chi connectivity index (χ1) is 17.8. The number of amides is 2. The molecule has 192 valence electrons. The van der Waals surface area contributed by atoms with E-state index >= 15 is 0 Å². The summed E-state index contributed by atoms with van der Waals surface area (Å²) in [4.78, 5) is 39.0. The highest BCUT2D eigenvalue weighted by atomic mass is 32.2. The van der Waals surface area contributed by atoms with Gasteiger partial charge in [0.1, 0.15) is 23.9 Å². The minimum absolute atomic E-state index is 0.150. The molecule has 1 fully saturated rings. The maximum absolute atomic E-state index is 12.9. The van der Waals surface area contributed by atoms with Gasteiger partial charge in [0.15, 0.2) is 0 Å². The predicted octanol–water partition coefficient (Wildman–Crippen LogP) is 6.67. The quantitative estimate of drug-likeness (QED) is 0.230. The van der Waals surface area contributed by atoms with Crippen LogP contribution in [0.5, 0.6) is 5.75 Å². The number of ether oxygens (including phenoxy) is 2. The van der Waals surface area contributed by atoms with E-state index in [1.807, 2.05) is 31.2 Å². The van der Waals surface area contributed by atoms with E-state index < -0.39 is 5.97 Å². The van der Waals surface area contributed by atoms with Crippen LogP contribution in [0.4, 0.5) is 4.79 Å². The summed E-state index contributed by atoms with van der Waals surface area (Å²) in [7, 11) is 0. The molecular formula is C29H29NO6S. The molecule has 0 saturated carbocycles. The Morgan fingerprint density at radius 1 is 1.11 bits per heavy atom. The van der Waals surface area contributed by atoms with Crippen molar-refractivity contribution < 1.29 is 28.3 Å². The molecule has 1 saturated heterocycles. The summed E-state index contributed by atoms with van der Waals surface area (Å²) in [6.45, 7) is 8.58. The molecule has 2 aromatic carbocycles. The lowest BCUT2D eigenvalue weighted by molar-refractivity contribution is -0.123. The molecule has 2 heterocycles. The van der Waals surface area contributed by atoms with Gasteiger partial charge in [0.2, 0.25) is 0 Å². The van der Waals surface area contributed by atoms with Gasteiger partial charge < -0.3 is 13.9 Å². The molecule has 0 bridgehead atoms. The predicted molar refractivity (Wildman–Crippen MR) is 144 cm³/mol. The van der Waals surface area contributed by atoms with Crippen LogP contribution >= 0.6 is 11.8 Å². The molecule has 0 atom stereocenters. The molecule has 4 rings (SSSR count). The zero-order valence-corrected chi connectivity index (χ0v) is 22.1. The highest BCUT2D eigenvalue weighted by Gasteiger charge is 2.35. The fourth-order valence-electron chi connectivity index (χ4n) is 3.91. The number of hydrogen-bond acceptors (Lipinski definition) is 7. The molecular weight excluding hydrogens is 490 g/mol. The van der Waals surface area contributed by atoms with Crippen molar-refractivity contribution in [3.05, 3.63) is 82.0 Å². The van der Waals surface area contributed by atoms with Crippen LogP contribution < -0.4 is 4.74 Å². The first-order valence-corrected chi connectivity index (χ1v) is 12.9. The van der Waals surface area contributed by atoms with Crippen molar-refractivity contribution in [3.63, 3.8) is 0 Å². The van der Waals surface area contributed by atoms with Gasteiger partial charge >= 0.3 is 5.97 Å². The molecule has 8 heteroatoms. The molecule has 0 aliphatic carbocycles. The third kappa shape index (κ3) is 6.14. The third-order valence-corrected chi connectivity index (χ3v) is 6.70. The van der Waals surface area contributed by atoms with E-state index in [4.69, 9.17) is 13.9 Å². The van der Waals surface area contributed by atoms with E-state index in [9.17, 15) is 14.4 Å². The minimum atomic E-state index is -0.406. The van der Waals surface area contributed by atoms with Gasteiger partial charge in [0.25, 0.3) is 11.1 Å². The van der Waals surface area contributed by atoms with Crippen molar-refractivity contribution in [2.75, 3.05) is 19.8 Å². The molecule has 1 aromatic heterocycles. The standard InChI is InChI=1S/C29H29NO6S/c1-5-34-28(32)21-8-6-7-20(16-21)24-12-10-22(36-24)17-26-27(31)30(29(33)37-26)13-14-35-25-15-19(4)9-11-23(25)18(2)3/h6-12,15-18H,5,13-14H2,1-4H3/b26-17-. The van der Waals surface area contributed by atoms with Crippen molar-refractivity contribution >= 4 is 35.0 Å². The molecule has 37 heavy (non-hydrogen) atoms. The summed E-state index contributed by atoms with van der Waals surface area (Å²) in [5.41, 5.74) is 3.29. The molecule has 7 nitrogen and oxygen atoms in total. The van der Waals surface area contributed by atoms with E-state index in [0.29, 0.717) is 35.2 Å². The Balaban J connectivity index is 1.42. The van der Waals surface area contributed by atoms with Gasteiger partial charge in [0, 0.05) is 11.6 Å². The lowest BCUT2D eigenvalue weighted by Crippen LogP contribution is -2.32. The Morgan fingerprint density at radius 2 is 1.92 bits per heavy atom. The number of imide groups is 1. The summed E-state index contributed by atoms with van der Waals surface area (Å²) in [6.07, 6.45) is 1.56. The molecule has 0 unspecified atom stereocenters. The topological polar surface area (TPSA) is 86.0 Å². The number of carbonyl (C=O) groups excluding carboxylic acids is 3. The number of rotatable bonds is 9. The van der Waals surface area contributed by atoms with Crippen LogP contribution in [0.3, 0.4) is 0 Å². The van der Waals surface area contributed by atoms with Crippen molar-refractivity contribution in [2.45, 2.75) is 33.6 Å². The normalized spacial score (nSPS) is 14.6. The Hall–Kier alpha value is -3.78. The number of thioether (sulfide) groups is 1. The summed E-state index contributed by atoms with van der Waals surface area (Å²) in [6, 6.07) is 16.5. The van der Waals surface area contributed by atoms with E-state index in [2.05, 4.69) is 13.8 Å². The monoisotopic (exact) mass is 519 g/mol. The summed E-state index contributed by atoms with van der Waals surface area (Å²) in [5, 5.41) is -0.345. The van der Waals surface area contributed by atoms with Crippen LogP contribution in [0, 0.1) is 6.92 Å². The number of nitrogens with zero attached hydrogens (tertiary/aromatic N) is 1. The van der Waals surface area contributed by atoms with Gasteiger partial charge in [0.05, 0.1) is 23.6 Å². The number of hydrogen-bond donors (Lipinski definition) is 0. The fraction of sp³-hybridized carbons (Fsp3) is 0.276. The van der Waals surface area contributed by atoms with Crippen LogP contribution in [0.25, 0.3) is 17.4 Å². The second-order valence-corrected chi connectivity index (χ2v) is 9.87. The molecule has 3 aromatic rings. The Kier molecular flexibility index (Phi) is 8.18. The lowest BCUT2D eigenvalue weighted by atomic mass is 10.0. The molecule has 1 aliphatic heterocycles. The second-order valence-electron chi connectivity index (χ2n) is 8.88. The Labute approximate surface area is 220 Å². The maximum atomic E-state index is 12.9. The van der Waals surface area contributed by atoms with Gasteiger partial charge in [-0.25, -0.2) is 4.79 Å². The number of esters is 1. The van der Waals surface area contributed by atoms with Gasteiger partial charge in [-0.05, 0) is 73.0 Å². The van der Waals surface area contributed by atoms with Crippen LogP contribution in [-0.4, -0.2) is 41.8 Å². The Morgan fingerprint density at radius 3 is 2.68 bits per heavy atom. The first-order valence-electron chi connectivity index (χ1n) is 12.1. The highest BCUT2D eigenvalue weighted by Crippen LogP contribution is 2.34. The average molecular weight is 520 g/mol. The third-order valence-electron chi connectivity index (χ3n) is 5.80. The largest absolute Gasteiger partial charge is 0.491 e. The van der Waals surface area contributed by atoms with Gasteiger partial charge in [-0.3, -0.25) is 14.5 Å². The number of benzene rings is 2. The molecule has 2 amide bonds. The van der Waals surface area contributed by atoms with Crippen molar-refractivity contribution in [3.8, 4) is 17.1 Å². The van der Waals surface area contributed by atoms with E-state index in [0.717, 1.165) is 28.6 Å². The SMILES string of the molecule is CCOC(=O)c1cccc(-c2ccc(/C=C3\SC(=O)N(CCOc4cc(C)ccc4C(C)C)C3=O)o2)c1. The molecule has 1 aliphatic rings. The summed E-state index contributed by atoms with van der Waals surface area (Å²) >= 11 is 0.872. The smallest absolute Gasteiger partial charge is 0.338 e. The zero-order valence-electron chi connectivity index (χ0n) is 21.3. The molecule has 0 N–H and O–H groups in total. The van der Waals surface area contributed by atoms with Crippen molar-refractivity contribution in [2.24, 2.45) is 0 Å². The Bertz CT molecular complexity index is 1360. The fourth-order valence-corrected chi connectivity index (χ4v) is 4.76. The summed E-state index contributed by atoms with van der Waals surface area (Å²) < 4.78 is 16.9. The van der Waals surface area contributed by atoms with Gasteiger partial charge in [-0.15, -0.1) is 0 Å². The lowest BCUT2D eigenvalue weighted by Gasteiger charge is -2.17. The van der Waals surface area contributed by atoms with Crippen LogP contribution in [0.2, 0.25) is 0 Å². The van der Waals surface area contributed by atoms with Crippen LogP contribution in [0.15, 0.2) is 63.9 Å². The second kappa shape index (κ2) is 11.5. The van der Waals surface area contributed by atoms with Crippen LogP contribution in [-0.2, 0) is 9.53 Å². The van der Waals surface area contributed by atoms with Gasteiger partial charge in [-0.2, -0.15) is 0 Å². The van der Waals surface area contributed by atoms with Crippen molar-refractivity contribution in [1.82, 2.24) is 4.90 Å². The van der Waals surface area contributed by atoms with E-state index in [1.54, 1.807) is 43.3 Å². The van der Waals surface area contributed by atoms with Crippen LogP contribution in [0.1, 0.15) is 53.9 Å². The number of carbonyl (C=O) groups is 3.